The van der Waals surface area contributed by atoms with Gasteiger partial charge >= 0.3 is 0 Å². The number of aryl methyl sites for hydroxylation is 2. The summed E-state index contributed by atoms with van der Waals surface area (Å²) in [5.74, 6) is 0.748. The standard InChI is InChI=1S/C10H10N4O/c1-6-7-3-2-4-8(7)14-10(11-6)12-9(5-15)13-14/h5H,2-4H2,1H3. The molecule has 0 radical (unpaired) electrons. The van der Waals surface area contributed by atoms with Gasteiger partial charge in [-0.05, 0) is 31.7 Å². The van der Waals surface area contributed by atoms with Crippen LogP contribution in [0.25, 0.3) is 5.78 Å². The number of aldehydes is 1. The van der Waals surface area contributed by atoms with Crippen molar-refractivity contribution in [3.05, 3.63) is 22.8 Å². The van der Waals surface area contributed by atoms with Crippen LogP contribution in [0.3, 0.4) is 0 Å². The first-order valence-corrected chi connectivity index (χ1v) is 5.00. The zero-order valence-electron chi connectivity index (χ0n) is 8.40. The number of hydrogen-bond acceptors (Lipinski definition) is 4. The SMILES string of the molecule is Cc1nc2nc(C=O)nn2c2c1CCC2. The first-order valence-electron chi connectivity index (χ1n) is 5.00. The Morgan fingerprint density at radius 1 is 1.33 bits per heavy atom. The molecule has 2 heterocycles. The fourth-order valence-electron chi connectivity index (χ4n) is 2.19. The second kappa shape index (κ2) is 2.85. The molecule has 0 aliphatic heterocycles. The molecule has 0 atom stereocenters. The third-order valence-corrected chi connectivity index (χ3v) is 2.86. The van der Waals surface area contributed by atoms with E-state index in [2.05, 4.69) is 15.1 Å². The average Bonchev–Trinajstić information content (AvgIpc) is 2.80. The number of rotatable bonds is 1. The van der Waals surface area contributed by atoms with E-state index in [-0.39, 0.29) is 5.82 Å². The van der Waals surface area contributed by atoms with Gasteiger partial charge in [0.05, 0.1) is 5.69 Å². The van der Waals surface area contributed by atoms with E-state index in [0.29, 0.717) is 12.1 Å². The zero-order chi connectivity index (χ0) is 10.4. The lowest BCUT2D eigenvalue weighted by molar-refractivity contribution is 0.111. The molecule has 0 saturated carbocycles. The van der Waals surface area contributed by atoms with E-state index in [0.717, 1.165) is 30.7 Å². The number of nitrogens with zero attached hydrogens (tertiary/aromatic N) is 4. The largest absolute Gasteiger partial charge is 0.294 e. The van der Waals surface area contributed by atoms with Gasteiger partial charge in [0.2, 0.25) is 5.82 Å². The Kier molecular flexibility index (Phi) is 1.62. The van der Waals surface area contributed by atoms with Gasteiger partial charge in [-0.15, -0.1) is 5.10 Å². The van der Waals surface area contributed by atoms with Crippen LogP contribution in [0.1, 0.15) is 34.0 Å². The average molecular weight is 202 g/mol. The van der Waals surface area contributed by atoms with E-state index in [9.17, 15) is 4.79 Å². The minimum Gasteiger partial charge on any atom is -0.294 e. The molecule has 0 spiro atoms. The molecule has 1 aliphatic rings. The highest BCUT2D eigenvalue weighted by atomic mass is 16.1. The minimum absolute atomic E-state index is 0.210. The molecule has 0 amide bonds. The van der Waals surface area contributed by atoms with Crippen molar-refractivity contribution in [2.45, 2.75) is 26.2 Å². The maximum absolute atomic E-state index is 10.6. The normalized spacial score (nSPS) is 14.5. The van der Waals surface area contributed by atoms with Crippen molar-refractivity contribution >= 4 is 12.1 Å². The summed E-state index contributed by atoms with van der Waals surface area (Å²) in [5, 5.41) is 4.12. The van der Waals surface area contributed by atoms with Gasteiger partial charge in [-0.1, -0.05) is 0 Å². The topological polar surface area (TPSA) is 60.2 Å². The highest BCUT2D eigenvalue weighted by Gasteiger charge is 2.19. The maximum atomic E-state index is 10.6. The third kappa shape index (κ3) is 1.09. The molecular formula is C10H10N4O. The summed E-state index contributed by atoms with van der Waals surface area (Å²) in [5.41, 5.74) is 3.45. The van der Waals surface area contributed by atoms with Crippen molar-refractivity contribution in [2.75, 3.05) is 0 Å². The summed E-state index contributed by atoms with van der Waals surface area (Å²) in [4.78, 5) is 19.0. The van der Waals surface area contributed by atoms with Gasteiger partial charge in [0.1, 0.15) is 0 Å². The van der Waals surface area contributed by atoms with E-state index in [4.69, 9.17) is 0 Å². The van der Waals surface area contributed by atoms with E-state index in [1.165, 1.54) is 5.56 Å². The molecule has 0 bridgehead atoms. The number of hydrogen-bond donors (Lipinski definition) is 0. The molecule has 76 valence electrons. The maximum Gasteiger partial charge on any atom is 0.253 e. The first kappa shape index (κ1) is 8.52. The van der Waals surface area contributed by atoms with Crippen LogP contribution in [-0.2, 0) is 12.8 Å². The van der Waals surface area contributed by atoms with Crippen LogP contribution in [0.5, 0.6) is 0 Å². The molecule has 5 heteroatoms. The van der Waals surface area contributed by atoms with Gasteiger partial charge in [-0.3, -0.25) is 4.79 Å². The quantitative estimate of drug-likeness (QED) is 0.640. The van der Waals surface area contributed by atoms with Crippen molar-refractivity contribution in [2.24, 2.45) is 0 Å². The lowest BCUT2D eigenvalue weighted by atomic mass is 10.2. The second-order valence-corrected chi connectivity index (χ2v) is 3.78. The van der Waals surface area contributed by atoms with Gasteiger partial charge in [0.25, 0.3) is 5.78 Å². The van der Waals surface area contributed by atoms with Gasteiger partial charge in [0, 0.05) is 5.69 Å². The van der Waals surface area contributed by atoms with E-state index in [1.54, 1.807) is 4.52 Å². The van der Waals surface area contributed by atoms with Gasteiger partial charge in [-0.25, -0.2) is 9.50 Å². The molecule has 2 aromatic heterocycles. The zero-order valence-corrected chi connectivity index (χ0v) is 8.40. The Labute approximate surface area is 86.2 Å². The molecule has 2 aromatic rings. The molecule has 15 heavy (non-hydrogen) atoms. The molecule has 0 unspecified atom stereocenters. The molecule has 0 fully saturated rings. The fraction of sp³-hybridized carbons (Fsp3) is 0.400. The van der Waals surface area contributed by atoms with Crippen molar-refractivity contribution in [3.8, 4) is 0 Å². The molecule has 0 N–H and O–H groups in total. The number of carbonyl (C=O) groups is 1. The van der Waals surface area contributed by atoms with Crippen LogP contribution in [-0.4, -0.2) is 25.9 Å². The van der Waals surface area contributed by atoms with Crippen LogP contribution in [0.4, 0.5) is 0 Å². The minimum atomic E-state index is 0.210. The van der Waals surface area contributed by atoms with Crippen molar-refractivity contribution in [1.29, 1.82) is 0 Å². The van der Waals surface area contributed by atoms with Gasteiger partial charge < -0.3 is 0 Å². The van der Waals surface area contributed by atoms with Crippen molar-refractivity contribution in [1.82, 2.24) is 19.6 Å². The highest BCUT2D eigenvalue weighted by molar-refractivity contribution is 5.69. The van der Waals surface area contributed by atoms with Crippen molar-refractivity contribution in [3.63, 3.8) is 0 Å². The highest BCUT2D eigenvalue weighted by Crippen LogP contribution is 2.23. The number of aromatic nitrogens is 4. The molecular weight excluding hydrogens is 192 g/mol. The summed E-state index contributed by atoms with van der Waals surface area (Å²) in [6, 6.07) is 0. The molecule has 5 nitrogen and oxygen atoms in total. The Balaban J connectivity index is 2.40. The Hall–Kier alpha value is -1.78. The summed E-state index contributed by atoms with van der Waals surface area (Å²) in [6.07, 6.45) is 3.84. The third-order valence-electron chi connectivity index (χ3n) is 2.86. The molecule has 0 saturated heterocycles. The van der Waals surface area contributed by atoms with Crippen LogP contribution in [0, 0.1) is 6.92 Å². The van der Waals surface area contributed by atoms with E-state index in [1.807, 2.05) is 6.92 Å². The smallest absolute Gasteiger partial charge is 0.253 e. The molecule has 0 aromatic carbocycles. The van der Waals surface area contributed by atoms with Crippen molar-refractivity contribution < 1.29 is 4.79 Å². The van der Waals surface area contributed by atoms with Gasteiger partial charge in [0.15, 0.2) is 6.29 Å². The van der Waals surface area contributed by atoms with Crippen LogP contribution < -0.4 is 0 Å². The fourth-order valence-corrected chi connectivity index (χ4v) is 2.19. The Morgan fingerprint density at radius 3 is 3.00 bits per heavy atom. The summed E-state index contributed by atoms with van der Waals surface area (Å²) in [6.45, 7) is 1.99. The molecule has 1 aliphatic carbocycles. The number of fused-ring (bicyclic) bond motifs is 3. The lowest BCUT2D eigenvalue weighted by Gasteiger charge is -2.03. The monoisotopic (exact) mass is 202 g/mol. The lowest BCUT2D eigenvalue weighted by Crippen LogP contribution is -2.03. The summed E-state index contributed by atoms with van der Waals surface area (Å²) < 4.78 is 1.71. The van der Waals surface area contributed by atoms with E-state index >= 15 is 0 Å². The van der Waals surface area contributed by atoms with E-state index < -0.39 is 0 Å². The summed E-state index contributed by atoms with van der Waals surface area (Å²) in [7, 11) is 0. The predicted octanol–water partition coefficient (Wildman–Crippen LogP) is 0.734. The van der Waals surface area contributed by atoms with Crippen LogP contribution >= 0.6 is 0 Å². The second-order valence-electron chi connectivity index (χ2n) is 3.78. The first-order chi connectivity index (χ1) is 7.29. The Morgan fingerprint density at radius 2 is 2.20 bits per heavy atom. The molecule has 3 rings (SSSR count). The van der Waals surface area contributed by atoms with Gasteiger partial charge in [-0.2, -0.15) is 4.98 Å². The summed E-state index contributed by atoms with van der Waals surface area (Å²) >= 11 is 0. The van der Waals surface area contributed by atoms with Crippen LogP contribution in [0.15, 0.2) is 0 Å². The predicted molar refractivity (Wildman–Crippen MR) is 52.9 cm³/mol. The number of carbonyl (C=O) groups excluding carboxylic acids is 1. The van der Waals surface area contributed by atoms with Crippen LogP contribution in [0.2, 0.25) is 0 Å². The Bertz CT molecular complexity index is 558.